The maximum absolute atomic E-state index is 12.3. The maximum atomic E-state index is 12.3. The number of halogens is 1. The lowest BCUT2D eigenvalue weighted by molar-refractivity contribution is -0.720. The van der Waals surface area contributed by atoms with Crippen LogP contribution in [0.15, 0.2) is 94.3 Å². The van der Waals surface area contributed by atoms with Gasteiger partial charge in [-0.15, -0.1) is 12.6 Å². The molecule has 3 atom stereocenters. The van der Waals surface area contributed by atoms with E-state index in [4.69, 9.17) is 11.6 Å². The van der Waals surface area contributed by atoms with Crippen LogP contribution in [0.2, 0.25) is 5.02 Å². The number of hydrogen-bond donors (Lipinski definition) is 3. The van der Waals surface area contributed by atoms with Crippen LogP contribution in [0.4, 0.5) is 0 Å². The molecule has 7 heteroatoms. The monoisotopic (exact) mass is 476 g/mol. The van der Waals surface area contributed by atoms with Gasteiger partial charge in [0.2, 0.25) is 17.3 Å². The number of nitrogens with one attached hydrogen (secondary N) is 1. The first kappa shape index (κ1) is 21.0. The number of benzene rings is 2. The van der Waals surface area contributed by atoms with Crippen molar-refractivity contribution < 1.29 is 9.67 Å². The third-order valence-corrected chi connectivity index (χ3v) is 7.23. The normalized spacial score (nSPS) is 23.1. The molecule has 3 unspecified atom stereocenters. The van der Waals surface area contributed by atoms with Gasteiger partial charge in [-0.1, -0.05) is 41.9 Å². The first-order valence-electron chi connectivity index (χ1n) is 10.0. The highest BCUT2D eigenvalue weighted by Crippen LogP contribution is 2.48. The van der Waals surface area contributed by atoms with Crippen LogP contribution >= 0.6 is 35.6 Å². The van der Waals surface area contributed by atoms with Crippen molar-refractivity contribution >= 4 is 46.5 Å². The van der Waals surface area contributed by atoms with Gasteiger partial charge in [0.15, 0.2) is 6.20 Å². The SMILES string of the molecule is N#CC1=C(S)NC(O)(c2ccccc2)C([n+]2cccc3cc(Cl)ccc32)C1c1ccsc1. The highest BCUT2D eigenvalue weighted by atomic mass is 35.5. The molecule has 4 aromatic rings. The van der Waals surface area contributed by atoms with Crippen LogP contribution < -0.4 is 9.88 Å². The summed E-state index contributed by atoms with van der Waals surface area (Å²) in [6, 6.07) is 22.8. The van der Waals surface area contributed by atoms with Gasteiger partial charge >= 0.3 is 0 Å². The molecule has 0 spiro atoms. The molecule has 32 heavy (non-hydrogen) atoms. The number of rotatable bonds is 3. The Bertz CT molecular complexity index is 1370. The second kappa shape index (κ2) is 8.27. The van der Waals surface area contributed by atoms with E-state index in [-0.39, 0.29) is 0 Å². The van der Waals surface area contributed by atoms with E-state index < -0.39 is 17.7 Å². The summed E-state index contributed by atoms with van der Waals surface area (Å²) in [5.41, 5.74) is 1.50. The first-order valence-corrected chi connectivity index (χ1v) is 11.8. The van der Waals surface area contributed by atoms with Gasteiger partial charge in [0.1, 0.15) is 0 Å². The number of pyridine rings is 1. The molecule has 158 valence electrons. The topological polar surface area (TPSA) is 59.9 Å². The molecular weight excluding hydrogens is 458 g/mol. The van der Waals surface area contributed by atoms with E-state index >= 15 is 0 Å². The van der Waals surface area contributed by atoms with Crippen molar-refractivity contribution in [3.8, 4) is 6.07 Å². The van der Waals surface area contributed by atoms with Crippen molar-refractivity contribution in [2.75, 3.05) is 0 Å². The Kier molecular flexibility index (Phi) is 5.44. The van der Waals surface area contributed by atoms with Crippen LogP contribution in [0.1, 0.15) is 23.1 Å². The number of aliphatic hydroxyl groups is 1. The fourth-order valence-corrected chi connectivity index (χ4v) is 5.78. The fourth-order valence-electron chi connectivity index (χ4n) is 4.54. The first-order chi connectivity index (χ1) is 15.5. The Morgan fingerprint density at radius 2 is 1.94 bits per heavy atom. The van der Waals surface area contributed by atoms with Gasteiger partial charge in [0, 0.05) is 28.1 Å². The third-order valence-electron chi connectivity index (χ3n) is 5.95. The van der Waals surface area contributed by atoms with E-state index in [9.17, 15) is 10.4 Å². The molecule has 0 bridgehead atoms. The Balaban J connectivity index is 1.85. The summed E-state index contributed by atoms with van der Waals surface area (Å²) < 4.78 is 2.03. The van der Waals surface area contributed by atoms with Crippen LogP contribution in [0.25, 0.3) is 10.9 Å². The number of hydrogen-bond acceptors (Lipinski definition) is 5. The lowest BCUT2D eigenvalue weighted by atomic mass is 9.76. The molecule has 0 amide bonds. The van der Waals surface area contributed by atoms with Crippen molar-refractivity contribution in [1.29, 1.82) is 5.26 Å². The number of fused-ring (bicyclic) bond motifs is 1. The highest BCUT2D eigenvalue weighted by Gasteiger charge is 2.56. The molecule has 5 rings (SSSR count). The van der Waals surface area contributed by atoms with E-state index in [1.165, 1.54) is 0 Å². The summed E-state index contributed by atoms with van der Waals surface area (Å²) in [6.07, 6.45) is 1.94. The predicted molar refractivity (Wildman–Crippen MR) is 130 cm³/mol. The molecule has 2 aromatic carbocycles. The lowest BCUT2D eigenvalue weighted by Crippen LogP contribution is -2.62. The second-order valence-corrected chi connectivity index (χ2v) is 9.39. The van der Waals surface area contributed by atoms with E-state index in [0.717, 1.165) is 16.5 Å². The quantitative estimate of drug-likeness (QED) is 0.278. The van der Waals surface area contributed by atoms with E-state index in [1.54, 1.807) is 11.3 Å². The minimum absolute atomic E-state index is 0.371. The number of thiophene rings is 1. The van der Waals surface area contributed by atoms with Crippen molar-refractivity contribution in [2.24, 2.45) is 0 Å². The van der Waals surface area contributed by atoms with Gasteiger partial charge in [0.05, 0.1) is 22.6 Å². The number of nitriles is 1. The van der Waals surface area contributed by atoms with E-state index in [0.29, 0.717) is 21.2 Å². The van der Waals surface area contributed by atoms with E-state index in [2.05, 4.69) is 24.0 Å². The lowest BCUT2D eigenvalue weighted by Gasteiger charge is -2.42. The van der Waals surface area contributed by atoms with Gasteiger partial charge in [-0.05, 0) is 40.6 Å². The highest BCUT2D eigenvalue weighted by molar-refractivity contribution is 7.84. The molecular formula is C25H19ClN3OS2+. The Morgan fingerprint density at radius 3 is 2.66 bits per heavy atom. The largest absolute Gasteiger partial charge is 0.362 e. The van der Waals surface area contributed by atoms with Gasteiger partial charge in [0.25, 0.3) is 0 Å². The Morgan fingerprint density at radius 1 is 1.12 bits per heavy atom. The minimum atomic E-state index is -1.52. The van der Waals surface area contributed by atoms with Crippen LogP contribution in [0.3, 0.4) is 0 Å². The van der Waals surface area contributed by atoms with Crippen LogP contribution in [0.5, 0.6) is 0 Å². The molecule has 2 aromatic heterocycles. The molecule has 1 aliphatic heterocycles. The number of allylic oxidation sites excluding steroid dienone is 1. The number of nitrogens with zero attached hydrogens (tertiary/aromatic N) is 2. The maximum Gasteiger partial charge on any atom is 0.227 e. The van der Waals surface area contributed by atoms with Gasteiger partial charge in [-0.3, -0.25) is 0 Å². The zero-order valence-corrected chi connectivity index (χ0v) is 19.3. The van der Waals surface area contributed by atoms with Crippen molar-refractivity contribution in [2.45, 2.75) is 17.7 Å². The van der Waals surface area contributed by atoms with Gasteiger partial charge < -0.3 is 10.4 Å². The van der Waals surface area contributed by atoms with Crippen LogP contribution in [-0.4, -0.2) is 5.11 Å². The van der Waals surface area contributed by atoms with Gasteiger partial charge in [-0.25, -0.2) is 0 Å². The van der Waals surface area contributed by atoms with Crippen LogP contribution in [-0.2, 0) is 5.72 Å². The second-order valence-electron chi connectivity index (χ2n) is 7.73. The molecule has 0 fully saturated rings. The Hall–Kier alpha value is -2.82. The van der Waals surface area contributed by atoms with Crippen molar-refractivity contribution in [3.63, 3.8) is 0 Å². The summed E-state index contributed by atoms with van der Waals surface area (Å²) in [5.74, 6) is -0.420. The standard InChI is InChI=1S/C25H18ClN3OS2/c26-19-8-9-21-16(13-19)5-4-11-29(21)23-22(17-10-12-32-15-17)20(14-27)24(31)28-25(23,30)18-6-2-1-3-7-18/h1-13,15,22-23,28,30H/p+1. The average molecular weight is 477 g/mol. The average Bonchev–Trinajstić information content (AvgIpc) is 3.33. The number of thiol groups is 1. The molecule has 0 aliphatic carbocycles. The summed E-state index contributed by atoms with van der Waals surface area (Å²) in [4.78, 5) is 0. The zero-order chi connectivity index (χ0) is 22.3. The molecule has 0 saturated carbocycles. The zero-order valence-electron chi connectivity index (χ0n) is 16.8. The van der Waals surface area contributed by atoms with Crippen LogP contribution in [0, 0.1) is 11.3 Å². The molecule has 3 heterocycles. The summed E-state index contributed by atoms with van der Waals surface area (Å²) in [5, 5.41) is 31.5. The predicted octanol–water partition coefficient (Wildman–Crippen LogP) is 5.28. The number of aromatic nitrogens is 1. The molecule has 1 aliphatic rings. The van der Waals surface area contributed by atoms with Crippen molar-refractivity contribution in [3.05, 3.63) is 110 Å². The minimum Gasteiger partial charge on any atom is -0.362 e. The smallest absolute Gasteiger partial charge is 0.227 e. The fraction of sp³-hybridized carbons (Fsp3) is 0.120. The van der Waals surface area contributed by atoms with E-state index in [1.807, 2.05) is 88.3 Å². The summed E-state index contributed by atoms with van der Waals surface area (Å²) in [6.45, 7) is 0. The third kappa shape index (κ3) is 3.39. The summed E-state index contributed by atoms with van der Waals surface area (Å²) >= 11 is 12.4. The molecule has 0 saturated heterocycles. The molecule has 0 radical (unpaired) electrons. The van der Waals surface area contributed by atoms with Gasteiger partial charge in [-0.2, -0.15) is 21.2 Å². The molecule has 2 N–H and O–H groups in total. The van der Waals surface area contributed by atoms with Crippen molar-refractivity contribution in [1.82, 2.24) is 5.32 Å². The Labute approximate surface area is 200 Å². The summed E-state index contributed by atoms with van der Waals surface area (Å²) in [7, 11) is 0. The molecule has 4 nitrogen and oxygen atoms in total.